The lowest BCUT2D eigenvalue weighted by Crippen LogP contribution is -2.47. The van der Waals surface area contributed by atoms with Crippen molar-refractivity contribution < 1.29 is 0 Å². The molecule has 0 N–H and O–H groups in total. The normalized spacial score (nSPS) is 15.3. The molecule has 0 amide bonds. The molecule has 4 nitrogen and oxygen atoms in total. The van der Waals surface area contributed by atoms with Crippen LogP contribution in [0.2, 0.25) is 0 Å². The molecular formula is C24H30N4. The number of fused-ring (bicyclic) bond motifs is 1. The van der Waals surface area contributed by atoms with Crippen LogP contribution in [-0.2, 0) is 0 Å². The van der Waals surface area contributed by atoms with Crippen LogP contribution in [0.4, 0.5) is 5.95 Å². The van der Waals surface area contributed by atoms with E-state index in [1.807, 2.05) is 0 Å². The van der Waals surface area contributed by atoms with Crippen LogP contribution in [0.5, 0.6) is 0 Å². The molecule has 0 saturated carbocycles. The van der Waals surface area contributed by atoms with Gasteiger partial charge in [0.05, 0.1) is 11.2 Å². The molecule has 1 aliphatic rings. The second kappa shape index (κ2) is 8.70. The van der Waals surface area contributed by atoms with Crippen LogP contribution < -0.4 is 4.90 Å². The third-order valence-electron chi connectivity index (χ3n) is 5.62. The molecule has 28 heavy (non-hydrogen) atoms. The van der Waals surface area contributed by atoms with Crippen molar-refractivity contribution in [1.82, 2.24) is 14.9 Å². The lowest BCUT2D eigenvalue weighted by atomic mass is 10.0. The maximum atomic E-state index is 5.03. The number of aromatic nitrogens is 2. The van der Waals surface area contributed by atoms with Crippen molar-refractivity contribution in [2.45, 2.75) is 33.1 Å². The van der Waals surface area contributed by atoms with Crippen LogP contribution >= 0.6 is 0 Å². The first-order valence-electron chi connectivity index (χ1n) is 10.6. The van der Waals surface area contributed by atoms with E-state index in [0.29, 0.717) is 0 Å². The van der Waals surface area contributed by atoms with Crippen LogP contribution in [0, 0.1) is 6.92 Å². The molecule has 1 saturated heterocycles. The van der Waals surface area contributed by atoms with Crippen molar-refractivity contribution in [3.63, 3.8) is 0 Å². The summed E-state index contributed by atoms with van der Waals surface area (Å²) >= 11 is 0. The van der Waals surface area contributed by atoms with Gasteiger partial charge in [0.2, 0.25) is 5.95 Å². The molecule has 2 heterocycles. The second-order valence-electron chi connectivity index (χ2n) is 7.79. The molecular weight excluding hydrogens is 344 g/mol. The summed E-state index contributed by atoms with van der Waals surface area (Å²) in [4.78, 5) is 14.9. The van der Waals surface area contributed by atoms with Gasteiger partial charge in [-0.3, -0.25) is 4.90 Å². The highest BCUT2D eigenvalue weighted by Crippen LogP contribution is 2.29. The highest BCUT2D eigenvalue weighted by molar-refractivity contribution is 5.93. The Labute approximate surface area is 168 Å². The number of unbranched alkanes of at least 4 members (excludes halogenated alkanes) is 2. The van der Waals surface area contributed by atoms with E-state index < -0.39 is 0 Å². The molecule has 3 aromatic rings. The van der Waals surface area contributed by atoms with E-state index in [0.717, 1.165) is 54.3 Å². The summed E-state index contributed by atoms with van der Waals surface area (Å²) in [5.41, 5.74) is 4.45. The van der Waals surface area contributed by atoms with Crippen LogP contribution in [0.25, 0.3) is 22.2 Å². The van der Waals surface area contributed by atoms with E-state index in [2.05, 4.69) is 72.2 Å². The third-order valence-corrected chi connectivity index (χ3v) is 5.62. The van der Waals surface area contributed by atoms with E-state index in [1.54, 1.807) is 0 Å². The molecule has 0 spiro atoms. The zero-order chi connectivity index (χ0) is 19.3. The van der Waals surface area contributed by atoms with Gasteiger partial charge in [0.25, 0.3) is 0 Å². The Balaban J connectivity index is 1.61. The van der Waals surface area contributed by atoms with Crippen LogP contribution in [0.15, 0.2) is 48.5 Å². The largest absolute Gasteiger partial charge is 0.338 e. The minimum absolute atomic E-state index is 0.864. The Kier molecular flexibility index (Phi) is 5.87. The molecule has 4 heteroatoms. The monoisotopic (exact) mass is 374 g/mol. The van der Waals surface area contributed by atoms with Gasteiger partial charge in [-0.2, -0.15) is 0 Å². The van der Waals surface area contributed by atoms with Gasteiger partial charge in [-0.1, -0.05) is 61.7 Å². The fourth-order valence-corrected chi connectivity index (χ4v) is 3.94. The first-order chi connectivity index (χ1) is 13.7. The summed E-state index contributed by atoms with van der Waals surface area (Å²) in [6.07, 6.45) is 3.92. The van der Waals surface area contributed by atoms with Gasteiger partial charge in [0.15, 0.2) is 0 Å². The van der Waals surface area contributed by atoms with Crippen molar-refractivity contribution in [2.24, 2.45) is 0 Å². The van der Waals surface area contributed by atoms with Crippen molar-refractivity contribution >= 4 is 16.9 Å². The Bertz CT molecular complexity index is 915. The lowest BCUT2D eigenvalue weighted by molar-refractivity contribution is 0.251. The van der Waals surface area contributed by atoms with Crippen molar-refractivity contribution in [3.05, 3.63) is 54.1 Å². The van der Waals surface area contributed by atoms with Crippen molar-refractivity contribution in [1.29, 1.82) is 0 Å². The summed E-state index contributed by atoms with van der Waals surface area (Å²) in [6, 6.07) is 17.0. The predicted molar refractivity (Wildman–Crippen MR) is 118 cm³/mol. The minimum atomic E-state index is 0.864. The molecule has 1 aliphatic heterocycles. The highest BCUT2D eigenvalue weighted by atomic mass is 15.3. The molecule has 2 aromatic carbocycles. The molecule has 1 fully saturated rings. The Morgan fingerprint density at radius 1 is 0.893 bits per heavy atom. The van der Waals surface area contributed by atoms with Gasteiger partial charge in [0, 0.05) is 37.1 Å². The molecule has 0 atom stereocenters. The Morgan fingerprint density at radius 3 is 2.43 bits per heavy atom. The van der Waals surface area contributed by atoms with E-state index in [9.17, 15) is 0 Å². The van der Waals surface area contributed by atoms with Crippen LogP contribution in [-0.4, -0.2) is 47.6 Å². The van der Waals surface area contributed by atoms with Gasteiger partial charge >= 0.3 is 0 Å². The molecule has 146 valence electrons. The van der Waals surface area contributed by atoms with Crippen molar-refractivity contribution in [2.75, 3.05) is 37.6 Å². The first-order valence-corrected chi connectivity index (χ1v) is 10.6. The van der Waals surface area contributed by atoms with E-state index in [4.69, 9.17) is 9.97 Å². The lowest BCUT2D eigenvalue weighted by Gasteiger charge is -2.35. The SMILES string of the molecule is CCCCCN1CCN(c2nc(-c3ccccc3)c3cc(C)ccc3n2)CC1. The number of benzene rings is 2. The Hall–Kier alpha value is -2.46. The van der Waals surface area contributed by atoms with Gasteiger partial charge in [0.1, 0.15) is 0 Å². The molecule has 4 rings (SSSR count). The topological polar surface area (TPSA) is 32.3 Å². The van der Waals surface area contributed by atoms with E-state index in [1.165, 1.54) is 31.4 Å². The summed E-state index contributed by atoms with van der Waals surface area (Å²) in [6.45, 7) is 9.80. The zero-order valence-electron chi connectivity index (χ0n) is 17.1. The maximum Gasteiger partial charge on any atom is 0.226 e. The van der Waals surface area contributed by atoms with Gasteiger partial charge in [-0.15, -0.1) is 0 Å². The van der Waals surface area contributed by atoms with E-state index in [-0.39, 0.29) is 0 Å². The van der Waals surface area contributed by atoms with Crippen LogP contribution in [0.1, 0.15) is 31.7 Å². The predicted octanol–water partition coefficient (Wildman–Crippen LogP) is 4.92. The number of anilines is 1. The second-order valence-corrected chi connectivity index (χ2v) is 7.79. The zero-order valence-corrected chi connectivity index (χ0v) is 17.1. The quantitative estimate of drug-likeness (QED) is 0.574. The summed E-state index contributed by atoms with van der Waals surface area (Å²) in [5.74, 6) is 0.864. The average Bonchev–Trinajstić information content (AvgIpc) is 2.74. The van der Waals surface area contributed by atoms with Crippen molar-refractivity contribution in [3.8, 4) is 11.3 Å². The Morgan fingerprint density at radius 2 is 1.68 bits per heavy atom. The minimum Gasteiger partial charge on any atom is -0.338 e. The highest BCUT2D eigenvalue weighted by Gasteiger charge is 2.20. The standard InChI is InChI=1S/C24H30N4/c1-3-4-8-13-27-14-16-28(17-15-27)24-25-22-12-11-19(2)18-21(22)23(26-24)20-9-6-5-7-10-20/h5-7,9-12,18H,3-4,8,13-17H2,1-2H3. The van der Waals surface area contributed by atoms with Gasteiger partial charge in [-0.05, 0) is 32.0 Å². The summed E-state index contributed by atoms with van der Waals surface area (Å²) in [5, 5.41) is 1.13. The number of rotatable bonds is 6. The fourth-order valence-electron chi connectivity index (χ4n) is 3.94. The smallest absolute Gasteiger partial charge is 0.226 e. The molecule has 0 bridgehead atoms. The number of piperazine rings is 1. The molecule has 0 aliphatic carbocycles. The summed E-state index contributed by atoms with van der Waals surface area (Å²) < 4.78 is 0. The molecule has 0 radical (unpaired) electrons. The number of nitrogens with zero attached hydrogens (tertiary/aromatic N) is 4. The van der Waals surface area contributed by atoms with Gasteiger partial charge < -0.3 is 4.90 Å². The van der Waals surface area contributed by atoms with Crippen LogP contribution in [0.3, 0.4) is 0 Å². The molecule has 1 aromatic heterocycles. The molecule has 0 unspecified atom stereocenters. The summed E-state index contributed by atoms with van der Waals surface area (Å²) in [7, 11) is 0. The van der Waals surface area contributed by atoms with Gasteiger partial charge in [-0.25, -0.2) is 9.97 Å². The first kappa shape index (κ1) is 18.9. The van der Waals surface area contributed by atoms with E-state index >= 15 is 0 Å². The number of hydrogen-bond donors (Lipinski definition) is 0. The average molecular weight is 375 g/mol. The third kappa shape index (κ3) is 4.17. The number of aryl methyl sites for hydroxylation is 1. The number of hydrogen-bond acceptors (Lipinski definition) is 4. The maximum absolute atomic E-state index is 5.03. The fraction of sp³-hybridized carbons (Fsp3) is 0.417.